The van der Waals surface area contributed by atoms with Crippen molar-refractivity contribution in [2.24, 2.45) is 0 Å². The molecule has 88 valence electrons. The topological polar surface area (TPSA) is 50.4 Å². The summed E-state index contributed by atoms with van der Waals surface area (Å²) in [6.07, 6.45) is 4.55. The molecule has 0 aromatic carbocycles. The largest absolute Gasteiger partial charge is 0.379 e. The smallest absolute Gasteiger partial charge is 0.315 e. The molecule has 2 N–H and O–H groups in total. The minimum Gasteiger partial charge on any atom is -0.379 e. The van der Waals surface area contributed by atoms with Gasteiger partial charge < -0.3 is 15.4 Å². The second kappa shape index (κ2) is 6.67. The van der Waals surface area contributed by atoms with E-state index in [4.69, 9.17) is 4.74 Å². The molecule has 1 saturated carbocycles. The summed E-state index contributed by atoms with van der Waals surface area (Å²) < 4.78 is 5.40. The number of rotatable bonds is 7. The van der Waals surface area contributed by atoms with Gasteiger partial charge in [-0.3, -0.25) is 0 Å². The Kier molecular flexibility index (Phi) is 5.47. The van der Waals surface area contributed by atoms with Crippen molar-refractivity contribution in [2.75, 3.05) is 13.2 Å². The van der Waals surface area contributed by atoms with E-state index >= 15 is 0 Å². The van der Waals surface area contributed by atoms with Crippen molar-refractivity contribution >= 4 is 6.03 Å². The van der Waals surface area contributed by atoms with Crippen molar-refractivity contribution in [3.05, 3.63) is 0 Å². The standard InChI is InChI=1S/C11H22N2O2/c1-9(2)15-8-4-3-7-12-11(14)13-10-5-6-10/h9-10H,3-8H2,1-2H3,(H2,12,13,14). The Balaban J connectivity index is 1.81. The number of urea groups is 1. The SMILES string of the molecule is CC(C)OCCCCNC(=O)NC1CC1. The van der Waals surface area contributed by atoms with Crippen molar-refractivity contribution in [3.8, 4) is 0 Å². The molecule has 0 heterocycles. The van der Waals surface area contributed by atoms with E-state index in [0.29, 0.717) is 12.1 Å². The molecular formula is C11H22N2O2. The Morgan fingerprint density at radius 3 is 2.73 bits per heavy atom. The number of ether oxygens (including phenoxy) is 1. The zero-order chi connectivity index (χ0) is 11.1. The summed E-state index contributed by atoms with van der Waals surface area (Å²) >= 11 is 0. The normalized spacial score (nSPS) is 15.4. The van der Waals surface area contributed by atoms with E-state index in [1.807, 2.05) is 13.8 Å². The summed E-state index contributed by atoms with van der Waals surface area (Å²) in [5, 5.41) is 5.72. The number of nitrogens with one attached hydrogen (secondary N) is 2. The molecule has 0 aliphatic heterocycles. The van der Waals surface area contributed by atoms with Crippen LogP contribution in [-0.2, 0) is 4.74 Å². The first kappa shape index (κ1) is 12.3. The molecule has 1 aliphatic rings. The summed E-state index contributed by atoms with van der Waals surface area (Å²) in [4.78, 5) is 11.2. The molecule has 1 aliphatic carbocycles. The highest BCUT2D eigenvalue weighted by molar-refractivity contribution is 5.74. The predicted molar refractivity (Wildman–Crippen MR) is 59.9 cm³/mol. The maximum absolute atomic E-state index is 11.2. The number of hydrogen-bond donors (Lipinski definition) is 2. The molecule has 0 aromatic heterocycles. The second-order valence-corrected chi connectivity index (χ2v) is 4.30. The van der Waals surface area contributed by atoms with E-state index in [-0.39, 0.29) is 6.03 Å². The van der Waals surface area contributed by atoms with Gasteiger partial charge in [-0.2, -0.15) is 0 Å². The van der Waals surface area contributed by atoms with Gasteiger partial charge in [-0.05, 0) is 39.5 Å². The van der Waals surface area contributed by atoms with Gasteiger partial charge in [0.25, 0.3) is 0 Å². The number of carbonyl (C=O) groups is 1. The first-order chi connectivity index (χ1) is 7.18. The number of carbonyl (C=O) groups excluding carboxylic acids is 1. The van der Waals surface area contributed by atoms with Crippen LogP contribution < -0.4 is 10.6 Å². The Morgan fingerprint density at radius 1 is 1.40 bits per heavy atom. The fourth-order valence-corrected chi connectivity index (χ4v) is 1.21. The van der Waals surface area contributed by atoms with Crippen molar-refractivity contribution in [2.45, 2.75) is 51.7 Å². The first-order valence-electron chi connectivity index (χ1n) is 5.84. The molecule has 0 bridgehead atoms. The molecule has 0 unspecified atom stereocenters. The molecule has 0 saturated heterocycles. The van der Waals surface area contributed by atoms with Crippen molar-refractivity contribution in [1.82, 2.24) is 10.6 Å². The van der Waals surface area contributed by atoms with Gasteiger partial charge in [-0.15, -0.1) is 0 Å². The van der Waals surface area contributed by atoms with Crippen LogP contribution in [0.25, 0.3) is 0 Å². The zero-order valence-electron chi connectivity index (χ0n) is 9.71. The third kappa shape index (κ3) is 7.19. The summed E-state index contributed by atoms with van der Waals surface area (Å²) in [5.74, 6) is 0. The van der Waals surface area contributed by atoms with Gasteiger partial charge in [0.05, 0.1) is 6.10 Å². The molecule has 1 fully saturated rings. The summed E-state index contributed by atoms with van der Waals surface area (Å²) in [6.45, 7) is 5.58. The van der Waals surface area contributed by atoms with Crippen molar-refractivity contribution in [3.63, 3.8) is 0 Å². The molecular weight excluding hydrogens is 192 g/mol. The monoisotopic (exact) mass is 214 g/mol. The van der Waals surface area contributed by atoms with Crippen LogP contribution in [0.1, 0.15) is 39.5 Å². The Morgan fingerprint density at radius 2 is 2.13 bits per heavy atom. The van der Waals surface area contributed by atoms with Gasteiger partial charge in [0.1, 0.15) is 0 Å². The molecule has 0 atom stereocenters. The highest BCUT2D eigenvalue weighted by atomic mass is 16.5. The van der Waals surface area contributed by atoms with E-state index in [0.717, 1.165) is 38.8 Å². The lowest BCUT2D eigenvalue weighted by molar-refractivity contribution is 0.0761. The van der Waals surface area contributed by atoms with Gasteiger partial charge >= 0.3 is 6.03 Å². The highest BCUT2D eigenvalue weighted by Gasteiger charge is 2.22. The van der Waals surface area contributed by atoms with Crippen LogP contribution in [0.3, 0.4) is 0 Å². The Bertz CT molecular complexity index is 191. The molecule has 2 amide bonds. The Hall–Kier alpha value is -0.770. The number of amides is 2. The lowest BCUT2D eigenvalue weighted by Crippen LogP contribution is -2.37. The van der Waals surface area contributed by atoms with E-state index in [1.165, 1.54) is 0 Å². The molecule has 15 heavy (non-hydrogen) atoms. The van der Waals surface area contributed by atoms with Crippen LogP contribution in [0, 0.1) is 0 Å². The van der Waals surface area contributed by atoms with Gasteiger partial charge in [0, 0.05) is 19.2 Å². The van der Waals surface area contributed by atoms with Crippen LogP contribution in [0.5, 0.6) is 0 Å². The van der Waals surface area contributed by atoms with Crippen LogP contribution in [0.15, 0.2) is 0 Å². The summed E-state index contributed by atoms with van der Waals surface area (Å²) in [6, 6.07) is 0.413. The molecule has 0 spiro atoms. The fraction of sp³-hybridized carbons (Fsp3) is 0.909. The molecule has 4 nitrogen and oxygen atoms in total. The van der Waals surface area contributed by atoms with Crippen LogP contribution in [0.2, 0.25) is 0 Å². The molecule has 4 heteroatoms. The predicted octanol–water partition coefficient (Wildman–Crippen LogP) is 1.65. The minimum atomic E-state index is -0.0257. The average molecular weight is 214 g/mol. The maximum atomic E-state index is 11.2. The first-order valence-corrected chi connectivity index (χ1v) is 5.84. The lowest BCUT2D eigenvalue weighted by atomic mass is 10.3. The molecule has 0 aromatic rings. The fourth-order valence-electron chi connectivity index (χ4n) is 1.21. The maximum Gasteiger partial charge on any atom is 0.315 e. The number of unbranched alkanes of at least 4 members (excludes halogenated alkanes) is 1. The third-order valence-corrected chi connectivity index (χ3v) is 2.22. The minimum absolute atomic E-state index is 0.0257. The summed E-state index contributed by atoms with van der Waals surface area (Å²) in [7, 11) is 0. The molecule has 1 rings (SSSR count). The van der Waals surface area contributed by atoms with Gasteiger partial charge in [-0.25, -0.2) is 4.79 Å². The van der Waals surface area contributed by atoms with Gasteiger partial charge in [-0.1, -0.05) is 0 Å². The van der Waals surface area contributed by atoms with Gasteiger partial charge in [0.15, 0.2) is 0 Å². The summed E-state index contributed by atoms with van der Waals surface area (Å²) in [5.41, 5.74) is 0. The van der Waals surface area contributed by atoms with Crippen molar-refractivity contribution < 1.29 is 9.53 Å². The second-order valence-electron chi connectivity index (χ2n) is 4.30. The van der Waals surface area contributed by atoms with Crippen LogP contribution in [0.4, 0.5) is 4.79 Å². The van der Waals surface area contributed by atoms with Crippen molar-refractivity contribution in [1.29, 1.82) is 0 Å². The van der Waals surface area contributed by atoms with E-state index in [2.05, 4.69) is 10.6 Å². The van der Waals surface area contributed by atoms with E-state index < -0.39 is 0 Å². The highest BCUT2D eigenvalue weighted by Crippen LogP contribution is 2.18. The number of hydrogen-bond acceptors (Lipinski definition) is 2. The van der Waals surface area contributed by atoms with Crippen LogP contribution in [-0.4, -0.2) is 31.3 Å². The Labute approximate surface area is 91.8 Å². The molecule has 0 radical (unpaired) electrons. The zero-order valence-corrected chi connectivity index (χ0v) is 9.71. The lowest BCUT2D eigenvalue weighted by Gasteiger charge is -2.08. The van der Waals surface area contributed by atoms with Crippen LogP contribution >= 0.6 is 0 Å². The van der Waals surface area contributed by atoms with E-state index in [1.54, 1.807) is 0 Å². The van der Waals surface area contributed by atoms with E-state index in [9.17, 15) is 4.79 Å². The average Bonchev–Trinajstić information content (AvgIpc) is 2.94. The van der Waals surface area contributed by atoms with Gasteiger partial charge in [0.2, 0.25) is 0 Å². The third-order valence-electron chi connectivity index (χ3n) is 2.22. The quantitative estimate of drug-likeness (QED) is 0.633.